The minimum absolute atomic E-state index is 0.155. The maximum Gasteiger partial charge on any atom is 0.317 e. The molecule has 2 heterocycles. The van der Waals surface area contributed by atoms with Crippen LogP contribution in [-0.2, 0) is 19.5 Å². The second-order valence-electron chi connectivity index (χ2n) is 6.81. The molecule has 0 radical (unpaired) electrons. The van der Waals surface area contributed by atoms with Crippen LogP contribution in [0, 0.1) is 0 Å². The van der Waals surface area contributed by atoms with Crippen LogP contribution in [0.5, 0.6) is 0 Å². The highest BCUT2D eigenvalue weighted by Gasteiger charge is 2.14. The predicted molar refractivity (Wildman–Crippen MR) is 102 cm³/mol. The molecule has 0 saturated heterocycles. The number of hydrogen-bond acceptors (Lipinski definition) is 5. The molecule has 0 bridgehead atoms. The van der Waals surface area contributed by atoms with Gasteiger partial charge in [0.2, 0.25) is 5.89 Å². The van der Waals surface area contributed by atoms with Gasteiger partial charge >= 0.3 is 6.03 Å². The molecule has 144 valence electrons. The molecule has 0 aliphatic heterocycles. The Hall–Kier alpha value is -2.90. The molecular formula is C19H26N6O2. The third-order valence-electron chi connectivity index (χ3n) is 4.44. The smallest absolute Gasteiger partial charge is 0.317 e. The molecule has 0 fully saturated rings. The molecule has 0 atom stereocenters. The van der Waals surface area contributed by atoms with Gasteiger partial charge in [-0.2, -0.15) is 10.1 Å². The number of urea groups is 1. The molecule has 0 unspecified atom stereocenters. The van der Waals surface area contributed by atoms with Crippen molar-refractivity contribution in [3.05, 3.63) is 41.7 Å². The number of fused-ring (bicyclic) bond motifs is 1. The lowest BCUT2D eigenvalue weighted by atomic mass is 10.2. The number of benzene rings is 1. The molecule has 3 rings (SSSR count). The van der Waals surface area contributed by atoms with Gasteiger partial charge in [-0.05, 0) is 13.0 Å². The van der Waals surface area contributed by atoms with Gasteiger partial charge in [0.15, 0.2) is 5.82 Å². The van der Waals surface area contributed by atoms with Crippen molar-refractivity contribution in [3.63, 3.8) is 0 Å². The third-order valence-corrected chi connectivity index (χ3v) is 4.44. The SMILES string of the molecule is CCn1nc(CNC(=O)N(C)CCc2noc(C(C)C)n2)c2ccccc21. The topological polar surface area (TPSA) is 89.1 Å². The lowest BCUT2D eigenvalue weighted by molar-refractivity contribution is 0.208. The summed E-state index contributed by atoms with van der Waals surface area (Å²) in [5.74, 6) is 1.44. The predicted octanol–water partition coefficient (Wildman–Crippen LogP) is 2.95. The van der Waals surface area contributed by atoms with Crippen LogP contribution in [0.3, 0.4) is 0 Å². The first-order valence-electron chi connectivity index (χ1n) is 9.25. The van der Waals surface area contributed by atoms with E-state index in [1.165, 1.54) is 0 Å². The fraction of sp³-hybridized carbons (Fsp3) is 0.474. The number of likely N-dealkylation sites (N-methyl/N-ethyl adjacent to an activating group) is 1. The summed E-state index contributed by atoms with van der Waals surface area (Å²) in [6.45, 7) is 7.74. The molecule has 8 nitrogen and oxygen atoms in total. The third kappa shape index (κ3) is 4.27. The van der Waals surface area contributed by atoms with E-state index in [0.717, 1.165) is 23.1 Å². The summed E-state index contributed by atoms with van der Waals surface area (Å²) in [6.07, 6.45) is 0.549. The Bertz CT molecular complexity index is 914. The molecular weight excluding hydrogens is 344 g/mol. The number of aryl methyl sites for hydroxylation is 1. The normalized spacial score (nSPS) is 11.3. The second-order valence-corrected chi connectivity index (χ2v) is 6.81. The maximum absolute atomic E-state index is 12.4. The number of nitrogens with zero attached hydrogens (tertiary/aromatic N) is 5. The van der Waals surface area contributed by atoms with Gasteiger partial charge in [-0.15, -0.1) is 0 Å². The number of rotatable bonds is 7. The number of hydrogen-bond donors (Lipinski definition) is 1. The van der Waals surface area contributed by atoms with E-state index < -0.39 is 0 Å². The summed E-state index contributed by atoms with van der Waals surface area (Å²) in [5.41, 5.74) is 1.95. The van der Waals surface area contributed by atoms with Gasteiger partial charge in [0.05, 0.1) is 17.8 Å². The van der Waals surface area contributed by atoms with Crippen molar-refractivity contribution in [2.45, 2.75) is 46.2 Å². The molecule has 0 aliphatic carbocycles. The first-order valence-corrected chi connectivity index (χ1v) is 9.25. The zero-order valence-electron chi connectivity index (χ0n) is 16.3. The number of para-hydroxylation sites is 1. The van der Waals surface area contributed by atoms with Gasteiger partial charge < -0.3 is 14.7 Å². The maximum atomic E-state index is 12.4. The van der Waals surface area contributed by atoms with E-state index in [1.54, 1.807) is 11.9 Å². The Labute approximate surface area is 158 Å². The molecule has 1 N–H and O–H groups in total. The quantitative estimate of drug-likeness (QED) is 0.691. The molecule has 8 heteroatoms. The molecule has 2 amide bonds. The summed E-state index contributed by atoms with van der Waals surface area (Å²) < 4.78 is 7.13. The second kappa shape index (κ2) is 8.20. The van der Waals surface area contributed by atoms with Crippen LogP contribution < -0.4 is 5.32 Å². The van der Waals surface area contributed by atoms with Crippen LogP contribution in [0.1, 0.15) is 44.1 Å². The van der Waals surface area contributed by atoms with Crippen LogP contribution in [0.4, 0.5) is 4.79 Å². The van der Waals surface area contributed by atoms with Crippen LogP contribution in [0.25, 0.3) is 10.9 Å². The Kier molecular flexibility index (Phi) is 5.73. The van der Waals surface area contributed by atoms with Gasteiger partial charge in [0, 0.05) is 37.9 Å². The van der Waals surface area contributed by atoms with E-state index in [1.807, 2.05) is 42.8 Å². The summed E-state index contributed by atoms with van der Waals surface area (Å²) in [5, 5.41) is 12.6. The van der Waals surface area contributed by atoms with E-state index in [0.29, 0.717) is 31.2 Å². The standard InChI is InChI=1S/C19H26N6O2/c1-5-25-16-9-7-6-8-14(16)15(22-25)12-20-19(26)24(4)11-10-17-21-18(13(2)3)27-23-17/h6-9,13H,5,10-12H2,1-4H3,(H,20,26). The van der Waals surface area contributed by atoms with Gasteiger partial charge in [0.1, 0.15) is 0 Å². The van der Waals surface area contributed by atoms with Crippen molar-refractivity contribution >= 4 is 16.9 Å². The highest BCUT2D eigenvalue weighted by Crippen LogP contribution is 2.18. The monoisotopic (exact) mass is 370 g/mol. The van der Waals surface area contributed by atoms with Crippen molar-refractivity contribution < 1.29 is 9.32 Å². The highest BCUT2D eigenvalue weighted by molar-refractivity contribution is 5.82. The first-order chi connectivity index (χ1) is 13.0. The number of nitrogens with one attached hydrogen (secondary N) is 1. The summed E-state index contributed by atoms with van der Waals surface area (Å²) in [7, 11) is 1.75. The van der Waals surface area contributed by atoms with Crippen molar-refractivity contribution in [3.8, 4) is 0 Å². The Morgan fingerprint density at radius 3 is 2.81 bits per heavy atom. The van der Waals surface area contributed by atoms with Gasteiger partial charge in [0.25, 0.3) is 0 Å². The van der Waals surface area contributed by atoms with E-state index in [2.05, 4.69) is 27.5 Å². The summed E-state index contributed by atoms with van der Waals surface area (Å²) >= 11 is 0. The highest BCUT2D eigenvalue weighted by atomic mass is 16.5. The minimum Gasteiger partial charge on any atom is -0.339 e. The van der Waals surface area contributed by atoms with Crippen LogP contribution in [-0.4, -0.2) is 44.4 Å². The van der Waals surface area contributed by atoms with Crippen molar-refractivity contribution in [2.24, 2.45) is 0 Å². The molecule has 2 aromatic heterocycles. The van der Waals surface area contributed by atoms with Crippen LogP contribution in [0.15, 0.2) is 28.8 Å². The summed E-state index contributed by atoms with van der Waals surface area (Å²) in [6, 6.07) is 7.90. The van der Waals surface area contributed by atoms with Crippen molar-refractivity contribution in [2.75, 3.05) is 13.6 Å². The number of aromatic nitrogens is 4. The average molecular weight is 370 g/mol. The number of carbonyl (C=O) groups is 1. The Morgan fingerprint density at radius 1 is 1.33 bits per heavy atom. The average Bonchev–Trinajstić information content (AvgIpc) is 3.29. The molecule has 1 aromatic carbocycles. The lowest BCUT2D eigenvalue weighted by Crippen LogP contribution is -2.38. The van der Waals surface area contributed by atoms with E-state index >= 15 is 0 Å². The Balaban J connectivity index is 1.55. The molecule has 3 aromatic rings. The Morgan fingerprint density at radius 2 is 2.11 bits per heavy atom. The fourth-order valence-corrected chi connectivity index (χ4v) is 2.83. The fourth-order valence-electron chi connectivity index (χ4n) is 2.83. The minimum atomic E-state index is -0.155. The van der Waals surface area contributed by atoms with E-state index in [-0.39, 0.29) is 11.9 Å². The van der Waals surface area contributed by atoms with Gasteiger partial charge in [-0.25, -0.2) is 4.79 Å². The molecule has 0 saturated carbocycles. The van der Waals surface area contributed by atoms with Crippen molar-refractivity contribution in [1.29, 1.82) is 0 Å². The van der Waals surface area contributed by atoms with Crippen LogP contribution in [0.2, 0.25) is 0 Å². The summed E-state index contributed by atoms with van der Waals surface area (Å²) in [4.78, 5) is 18.3. The van der Waals surface area contributed by atoms with Crippen LogP contribution >= 0.6 is 0 Å². The van der Waals surface area contributed by atoms with Crippen molar-refractivity contribution in [1.82, 2.24) is 30.1 Å². The lowest BCUT2D eigenvalue weighted by Gasteiger charge is -2.16. The zero-order chi connectivity index (χ0) is 19.4. The zero-order valence-corrected chi connectivity index (χ0v) is 16.3. The number of carbonyl (C=O) groups excluding carboxylic acids is 1. The molecule has 0 aliphatic rings. The number of amides is 2. The van der Waals surface area contributed by atoms with Gasteiger partial charge in [-0.3, -0.25) is 4.68 Å². The van der Waals surface area contributed by atoms with Gasteiger partial charge in [-0.1, -0.05) is 37.2 Å². The van der Waals surface area contributed by atoms with E-state index in [9.17, 15) is 4.79 Å². The first kappa shape index (κ1) is 18.9. The molecule has 27 heavy (non-hydrogen) atoms. The van der Waals surface area contributed by atoms with E-state index in [4.69, 9.17) is 4.52 Å². The largest absolute Gasteiger partial charge is 0.339 e. The molecule has 0 spiro atoms.